The van der Waals surface area contributed by atoms with Crippen molar-refractivity contribution in [3.63, 3.8) is 0 Å². The summed E-state index contributed by atoms with van der Waals surface area (Å²) in [7, 11) is 0. The van der Waals surface area contributed by atoms with Crippen LogP contribution in [-0.2, 0) is 6.54 Å². The molecule has 3 rings (SSSR count). The lowest BCUT2D eigenvalue weighted by atomic mass is 10.2. The number of aryl methyl sites for hydroxylation is 1. The Labute approximate surface area is 123 Å². The van der Waals surface area contributed by atoms with Crippen LogP contribution in [0.5, 0.6) is 0 Å². The number of benzene rings is 1. The van der Waals surface area contributed by atoms with Crippen LogP contribution in [0, 0.1) is 22.9 Å². The molecule has 0 unspecified atom stereocenters. The Hall–Kier alpha value is -3.10. The predicted octanol–water partition coefficient (Wildman–Crippen LogP) is 2.34. The largest absolute Gasteiger partial charge is 0.337 e. The lowest BCUT2D eigenvalue weighted by Crippen LogP contribution is -2.00. The van der Waals surface area contributed by atoms with Crippen LogP contribution in [0.3, 0.4) is 0 Å². The minimum Gasteiger partial charge on any atom is -0.337 e. The second-order valence-corrected chi connectivity index (χ2v) is 4.57. The molecular formula is C13H10FN5O3. The summed E-state index contributed by atoms with van der Waals surface area (Å²) in [5, 5.41) is 18.6. The lowest BCUT2D eigenvalue weighted by Gasteiger charge is -1.94. The van der Waals surface area contributed by atoms with E-state index in [0.717, 1.165) is 0 Å². The summed E-state index contributed by atoms with van der Waals surface area (Å²) >= 11 is 0. The highest BCUT2D eigenvalue weighted by molar-refractivity contribution is 5.53. The van der Waals surface area contributed by atoms with Crippen molar-refractivity contribution in [1.29, 1.82) is 0 Å². The molecule has 2 heterocycles. The van der Waals surface area contributed by atoms with E-state index in [0.29, 0.717) is 17.1 Å². The summed E-state index contributed by atoms with van der Waals surface area (Å²) < 4.78 is 19.3. The third kappa shape index (κ3) is 2.68. The molecule has 0 fully saturated rings. The quantitative estimate of drug-likeness (QED) is 0.541. The highest BCUT2D eigenvalue weighted by atomic mass is 19.1. The van der Waals surface area contributed by atoms with Crippen molar-refractivity contribution >= 4 is 5.69 Å². The molecule has 0 aliphatic rings. The van der Waals surface area contributed by atoms with E-state index in [1.54, 1.807) is 6.92 Å². The SMILES string of the molecule is Cc1nn(Cc2nc(-c3ccc(F)cc3)no2)cc1[N+](=O)[O-]. The van der Waals surface area contributed by atoms with Crippen LogP contribution in [0.2, 0.25) is 0 Å². The Morgan fingerprint density at radius 1 is 1.36 bits per heavy atom. The second-order valence-electron chi connectivity index (χ2n) is 4.57. The average molecular weight is 303 g/mol. The van der Waals surface area contributed by atoms with Crippen molar-refractivity contribution < 1.29 is 13.8 Å². The van der Waals surface area contributed by atoms with Crippen LogP contribution >= 0.6 is 0 Å². The van der Waals surface area contributed by atoms with Crippen LogP contribution in [0.4, 0.5) is 10.1 Å². The van der Waals surface area contributed by atoms with Crippen molar-refractivity contribution in [1.82, 2.24) is 19.9 Å². The molecular weight excluding hydrogens is 293 g/mol. The molecule has 22 heavy (non-hydrogen) atoms. The van der Waals surface area contributed by atoms with E-state index in [1.165, 1.54) is 35.1 Å². The van der Waals surface area contributed by atoms with Crippen LogP contribution in [0.25, 0.3) is 11.4 Å². The zero-order valence-corrected chi connectivity index (χ0v) is 11.4. The molecule has 0 aliphatic heterocycles. The first kappa shape index (κ1) is 13.9. The average Bonchev–Trinajstić information content (AvgIpc) is 3.07. The minimum atomic E-state index is -0.503. The van der Waals surface area contributed by atoms with Crippen molar-refractivity contribution in [2.75, 3.05) is 0 Å². The zero-order valence-electron chi connectivity index (χ0n) is 11.4. The minimum absolute atomic E-state index is 0.0710. The maximum Gasteiger partial charge on any atom is 0.309 e. The Balaban J connectivity index is 1.81. The number of halogens is 1. The molecule has 0 N–H and O–H groups in total. The molecule has 0 spiro atoms. The fourth-order valence-corrected chi connectivity index (χ4v) is 1.94. The Bertz CT molecular complexity index is 825. The van der Waals surface area contributed by atoms with E-state index in [1.807, 2.05) is 0 Å². The van der Waals surface area contributed by atoms with E-state index in [-0.39, 0.29) is 23.9 Å². The molecule has 112 valence electrons. The van der Waals surface area contributed by atoms with Crippen molar-refractivity contribution in [3.8, 4) is 11.4 Å². The Morgan fingerprint density at radius 2 is 2.09 bits per heavy atom. The van der Waals surface area contributed by atoms with Crippen molar-refractivity contribution in [2.45, 2.75) is 13.5 Å². The summed E-state index contributed by atoms with van der Waals surface area (Å²) in [6.07, 6.45) is 1.30. The zero-order chi connectivity index (χ0) is 15.7. The number of rotatable bonds is 4. The van der Waals surface area contributed by atoms with E-state index in [4.69, 9.17) is 4.52 Å². The highest BCUT2D eigenvalue weighted by Crippen LogP contribution is 2.18. The number of hydrogen-bond acceptors (Lipinski definition) is 6. The number of nitrogens with zero attached hydrogens (tertiary/aromatic N) is 5. The summed E-state index contributed by atoms with van der Waals surface area (Å²) in [6.45, 7) is 1.66. The van der Waals surface area contributed by atoms with E-state index >= 15 is 0 Å². The van der Waals surface area contributed by atoms with Gasteiger partial charge in [0.25, 0.3) is 0 Å². The van der Waals surface area contributed by atoms with Crippen molar-refractivity contribution in [2.24, 2.45) is 0 Å². The number of nitro groups is 1. The van der Waals surface area contributed by atoms with Gasteiger partial charge in [-0.3, -0.25) is 14.8 Å². The molecule has 0 atom stereocenters. The third-order valence-electron chi connectivity index (χ3n) is 2.98. The summed E-state index contributed by atoms with van der Waals surface area (Å²) in [4.78, 5) is 14.4. The van der Waals surface area contributed by atoms with Crippen molar-refractivity contribution in [3.05, 3.63) is 58.0 Å². The summed E-state index contributed by atoms with van der Waals surface area (Å²) in [6, 6.07) is 5.66. The van der Waals surface area contributed by atoms with Gasteiger partial charge in [0.1, 0.15) is 24.3 Å². The first-order chi connectivity index (χ1) is 10.5. The van der Waals surface area contributed by atoms with E-state index in [9.17, 15) is 14.5 Å². The van der Waals surface area contributed by atoms with Gasteiger partial charge in [0.15, 0.2) is 0 Å². The molecule has 0 saturated carbocycles. The molecule has 2 aromatic heterocycles. The smallest absolute Gasteiger partial charge is 0.309 e. The maximum atomic E-state index is 12.9. The first-order valence-electron chi connectivity index (χ1n) is 6.30. The maximum absolute atomic E-state index is 12.9. The highest BCUT2D eigenvalue weighted by Gasteiger charge is 2.17. The van der Waals surface area contributed by atoms with Crippen LogP contribution in [0.15, 0.2) is 35.0 Å². The predicted molar refractivity (Wildman–Crippen MR) is 72.4 cm³/mol. The molecule has 8 nitrogen and oxygen atoms in total. The summed E-state index contributed by atoms with van der Waals surface area (Å²) in [5.74, 6) is 0.205. The molecule has 3 aromatic rings. The van der Waals surface area contributed by atoms with Gasteiger partial charge in [-0.25, -0.2) is 4.39 Å². The van der Waals surface area contributed by atoms with Gasteiger partial charge in [-0.15, -0.1) is 0 Å². The Morgan fingerprint density at radius 3 is 2.73 bits per heavy atom. The van der Waals surface area contributed by atoms with E-state index < -0.39 is 4.92 Å². The van der Waals surface area contributed by atoms with Gasteiger partial charge >= 0.3 is 5.69 Å². The normalized spacial score (nSPS) is 10.8. The molecule has 9 heteroatoms. The van der Waals surface area contributed by atoms with Gasteiger partial charge in [0.2, 0.25) is 11.7 Å². The van der Waals surface area contributed by atoms with Crippen LogP contribution in [0.1, 0.15) is 11.6 Å². The molecule has 0 radical (unpaired) electrons. The van der Waals surface area contributed by atoms with Crippen LogP contribution < -0.4 is 0 Å². The third-order valence-corrected chi connectivity index (χ3v) is 2.98. The van der Waals surface area contributed by atoms with Gasteiger partial charge in [0.05, 0.1) is 4.92 Å². The fraction of sp³-hybridized carbons (Fsp3) is 0.154. The molecule has 0 amide bonds. The van der Waals surface area contributed by atoms with E-state index in [2.05, 4.69) is 15.2 Å². The number of aromatic nitrogens is 4. The topological polar surface area (TPSA) is 99.9 Å². The second kappa shape index (κ2) is 5.35. The molecule has 1 aromatic carbocycles. The molecule has 0 saturated heterocycles. The monoisotopic (exact) mass is 303 g/mol. The number of hydrogen-bond donors (Lipinski definition) is 0. The first-order valence-corrected chi connectivity index (χ1v) is 6.30. The van der Waals surface area contributed by atoms with Crippen LogP contribution in [-0.4, -0.2) is 24.8 Å². The molecule has 0 aliphatic carbocycles. The molecule has 0 bridgehead atoms. The summed E-state index contributed by atoms with van der Waals surface area (Å²) in [5.41, 5.74) is 0.848. The Kier molecular flexibility index (Phi) is 3.37. The van der Waals surface area contributed by atoms with Gasteiger partial charge in [-0.1, -0.05) is 5.16 Å². The van der Waals surface area contributed by atoms with Gasteiger partial charge < -0.3 is 4.52 Å². The van der Waals surface area contributed by atoms with Gasteiger partial charge in [0, 0.05) is 5.56 Å². The van der Waals surface area contributed by atoms with Gasteiger partial charge in [-0.05, 0) is 31.2 Å². The lowest BCUT2D eigenvalue weighted by molar-refractivity contribution is -0.385. The fourth-order valence-electron chi connectivity index (χ4n) is 1.94. The van der Waals surface area contributed by atoms with Gasteiger partial charge in [-0.2, -0.15) is 10.1 Å². The standard InChI is InChI=1S/C13H10FN5O3/c1-8-11(19(20)21)6-18(16-8)7-12-15-13(17-22-12)9-2-4-10(14)5-3-9/h2-6H,7H2,1H3.